The highest BCUT2D eigenvalue weighted by Crippen LogP contribution is 2.41. The molecule has 1 aliphatic heterocycles. The van der Waals surface area contributed by atoms with Gasteiger partial charge in [0.25, 0.3) is 0 Å². The van der Waals surface area contributed by atoms with Gasteiger partial charge in [-0.1, -0.05) is 22.5 Å². The topological polar surface area (TPSA) is 109 Å². The molecular formula is C26H25Br2FN6O3. The molecule has 0 spiro atoms. The number of pyridine rings is 1. The molecule has 3 aromatic rings. The number of benzene rings is 1. The van der Waals surface area contributed by atoms with E-state index in [-0.39, 0.29) is 30.3 Å². The van der Waals surface area contributed by atoms with Crippen LogP contribution in [-0.2, 0) is 9.53 Å². The third-order valence-electron chi connectivity index (χ3n) is 6.05. The Kier molecular flexibility index (Phi) is 8.41. The highest BCUT2D eigenvalue weighted by Gasteiger charge is 2.39. The van der Waals surface area contributed by atoms with Crippen LogP contribution in [0.3, 0.4) is 0 Å². The first-order valence-corrected chi connectivity index (χ1v) is 13.3. The summed E-state index contributed by atoms with van der Waals surface area (Å²) in [6.07, 6.45) is 2.54. The van der Waals surface area contributed by atoms with Gasteiger partial charge in [-0.15, -0.1) is 0 Å². The number of carbonyl (C=O) groups is 2. The molecule has 3 heterocycles. The van der Waals surface area contributed by atoms with Crippen molar-refractivity contribution in [2.45, 2.75) is 39.0 Å². The molecule has 12 heteroatoms. The first-order chi connectivity index (χ1) is 18.1. The number of ether oxygens (including phenoxy) is 1. The van der Waals surface area contributed by atoms with E-state index in [0.717, 1.165) is 26.9 Å². The zero-order chi connectivity index (χ0) is 27.6. The normalized spacial score (nSPS) is 16.5. The summed E-state index contributed by atoms with van der Waals surface area (Å²) < 4.78 is 20.6. The zero-order valence-electron chi connectivity index (χ0n) is 20.8. The number of rotatable bonds is 8. The van der Waals surface area contributed by atoms with Gasteiger partial charge in [0, 0.05) is 28.0 Å². The monoisotopic (exact) mass is 646 g/mol. The molecule has 0 radical (unpaired) electrons. The van der Waals surface area contributed by atoms with Crippen molar-refractivity contribution in [2.75, 3.05) is 22.1 Å². The molecule has 38 heavy (non-hydrogen) atoms. The fourth-order valence-electron chi connectivity index (χ4n) is 4.01. The number of carbonyl (C=O) groups excluding carboxylic acids is 2. The smallest absolute Gasteiger partial charge is 0.416 e. The molecule has 3 atom stereocenters. The minimum Gasteiger partial charge on any atom is -0.447 e. The number of hydrogen-bond donors (Lipinski definition) is 2. The van der Waals surface area contributed by atoms with E-state index in [9.17, 15) is 14.0 Å². The first kappa shape index (κ1) is 27.6. The van der Waals surface area contributed by atoms with Crippen LogP contribution in [0.25, 0.3) is 11.1 Å². The molecule has 9 nitrogen and oxygen atoms in total. The average molecular weight is 648 g/mol. The maximum absolute atomic E-state index is 14.0. The van der Waals surface area contributed by atoms with Crippen molar-refractivity contribution in [3.8, 4) is 11.1 Å². The van der Waals surface area contributed by atoms with Gasteiger partial charge in [0.05, 0.1) is 21.9 Å². The van der Waals surface area contributed by atoms with E-state index in [1.807, 2.05) is 26.0 Å². The second-order valence-electron chi connectivity index (χ2n) is 8.70. The second-order valence-corrected chi connectivity index (χ2v) is 10.3. The molecule has 2 aromatic heterocycles. The molecule has 198 valence electrons. The standard InChI is InChI=1S/C26H25Br2FN6O3/c1-5-22(36)33-18-7-6-17(27)23(24(18)28)16-11-31-19(10-13(16)2)15(4)32-25-30-9-8-21(34-25)35-20(14(3)29)12-38-26(35)37/h5-11,14-15,20H,1,12H2,2-4H3,(H,33,36)(H,30,32,34)/t14-,15-,20+/m0/s1. The molecule has 1 aromatic carbocycles. The Balaban J connectivity index is 1.57. The lowest BCUT2D eigenvalue weighted by molar-refractivity contribution is -0.111. The van der Waals surface area contributed by atoms with Gasteiger partial charge >= 0.3 is 6.09 Å². The summed E-state index contributed by atoms with van der Waals surface area (Å²) in [4.78, 5) is 38.5. The number of nitrogens with zero attached hydrogens (tertiary/aromatic N) is 4. The number of aryl methyl sites for hydroxylation is 1. The van der Waals surface area contributed by atoms with E-state index in [2.05, 4.69) is 64.0 Å². The van der Waals surface area contributed by atoms with Crippen LogP contribution in [0.15, 0.2) is 58.3 Å². The molecule has 2 N–H and O–H groups in total. The molecule has 0 aliphatic carbocycles. The van der Waals surface area contributed by atoms with Gasteiger partial charge in [0.1, 0.15) is 24.6 Å². The van der Waals surface area contributed by atoms with Crippen LogP contribution in [0.5, 0.6) is 0 Å². The lowest BCUT2D eigenvalue weighted by Gasteiger charge is -2.22. The van der Waals surface area contributed by atoms with Gasteiger partial charge in [0.15, 0.2) is 0 Å². The number of hydrogen-bond acceptors (Lipinski definition) is 7. The van der Waals surface area contributed by atoms with E-state index in [1.54, 1.807) is 12.3 Å². The predicted molar refractivity (Wildman–Crippen MR) is 151 cm³/mol. The number of halogens is 3. The van der Waals surface area contributed by atoms with Crippen LogP contribution in [0.1, 0.15) is 31.1 Å². The summed E-state index contributed by atoms with van der Waals surface area (Å²) in [7, 11) is 0. The van der Waals surface area contributed by atoms with Crippen LogP contribution in [0.2, 0.25) is 0 Å². The minimum absolute atomic E-state index is 0.0367. The van der Waals surface area contributed by atoms with Gasteiger partial charge in [-0.25, -0.2) is 14.2 Å². The second kappa shape index (κ2) is 11.6. The maximum Gasteiger partial charge on any atom is 0.416 e. The van der Waals surface area contributed by atoms with Crippen LogP contribution in [0.4, 0.5) is 26.6 Å². The Labute approximate surface area is 236 Å². The number of cyclic esters (lactones) is 1. The van der Waals surface area contributed by atoms with Crippen molar-refractivity contribution < 1.29 is 18.7 Å². The summed E-state index contributed by atoms with van der Waals surface area (Å²) in [5.41, 5.74) is 4.00. The highest BCUT2D eigenvalue weighted by molar-refractivity contribution is 9.11. The van der Waals surface area contributed by atoms with E-state index < -0.39 is 18.3 Å². The lowest BCUT2D eigenvalue weighted by atomic mass is 10.0. The highest BCUT2D eigenvalue weighted by atomic mass is 79.9. The molecular weight excluding hydrogens is 623 g/mol. The summed E-state index contributed by atoms with van der Waals surface area (Å²) in [5.74, 6) is 0.204. The summed E-state index contributed by atoms with van der Waals surface area (Å²) in [5, 5.41) is 5.98. The van der Waals surface area contributed by atoms with Gasteiger partial charge in [0.2, 0.25) is 11.9 Å². The Morgan fingerprint density at radius 3 is 2.74 bits per heavy atom. The summed E-state index contributed by atoms with van der Waals surface area (Å²) >= 11 is 7.21. The number of nitrogens with one attached hydrogen (secondary N) is 2. The first-order valence-electron chi connectivity index (χ1n) is 11.7. The van der Waals surface area contributed by atoms with Crippen LogP contribution in [-0.4, -0.2) is 45.8 Å². The van der Waals surface area contributed by atoms with Crippen molar-refractivity contribution in [3.05, 3.63) is 69.5 Å². The van der Waals surface area contributed by atoms with Gasteiger partial charge in [-0.3, -0.25) is 14.7 Å². The molecule has 4 rings (SSSR count). The van der Waals surface area contributed by atoms with E-state index in [0.29, 0.717) is 10.2 Å². The van der Waals surface area contributed by atoms with Gasteiger partial charge in [-0.05, 0) is 72.6 Å². The SMILES string of the molecule is C=CC(=O)Nc1ccc(Br)c(-c2cnc([C@H](C)Nc3nccc(N4C(=O)OC[C@@H]4[C@H](C)F)n3)cc2C)c1Br. The number of anilines is 3. The van der Waals surface area contributed by atoms with Crippen LogP contribution in [0, 0.1) is 6.92 Å². The van der Waals surface area contributed by atoms with Crippen molar-refractivity contribution in [3.63, 3.8) is 0 Å². The fourth-order valence-corrected chi connectivity index (χ4v) is 5.48. The Hall–Kier alpha value is -3.38. The van der Waals surface area contributed by atoms with Crippen molar-refractivity contribution >= 4 is 61.3 Å². The number of aromatic nitrogens is 3. The minimum atomic E-state index is -1.28. The number of alkyl halides is 1. The van der Waals surface area contributed by atoms with Crippen LogP contribution >= 0.6 is 31.9 Å². The average Bonchev–Trinajstić information content (AvgIpc) is 3.28. The van der Waals surface area contributed by atoms with E-state index >= 15 is 0 Å². The third kappa shape index (κ3) is 5.70. The fraction of sp³-hybridized carbons (Fsp3) is 0.269. The Morgan fingerprint density at radius 2 is 2.05 bits per heavy atom. The molecule has 1 fully saturated rings. The van der Waals surface area contributed by atoms with Crippen LogP contribution < -0.4 is 15.5 Å². The third-order valence-corrected chi connectivity index (χ3v) is 7.53. The summed E-state index contributed by atoms with van der Waals surface area (Å²) in [6, 6.07) is 6.09. The molecule has 1 aliphatic rings. The molecule has 0 saturated carbocycles. The maximum atomic E-state index is 14.0. The number of amides is 2. The van der Waals surface area contributed by atoms with Crippen molar-refractivity contribution in [1.82, 2.24) is 15.0 Å². The molecule has 0 bridgehead atoms. The quantitative estimate of drug-likeness (QED) is 0.274. The Morgan fingerprint density at radius 1 is 1.29 bits per heavy atom. The van der Waals surface area contributed by atoms with Gasteiger partial charge < -0.3 is 15.4 Å². The molecule has 2 amide bonds. The largest absolute Gasteiger partial charge is 0.447 e. The predicted octanol–water partition coefficient (Wildman–Crippen LogP) is 6.35. The van der Waals surface area contributed by atoms with Crippen molar-refractivity contribution in [2.24, 2.45) is 0 Å². The molecule has 1 saturated heterocycles. The van der Waals surface area contributed by atoms with Crippen molar-refractivity contribution in [1.29, 1.82) is 0 Å². The molecule has 0 unspecified atom stereocenters. The van der Waals surface area contributed by atoms with Gasteiger partial charge in [-0.2, -0.15) is 4.98 Å². The Bertz CT molecular complexity index is 1400. The lowest BCUT2D eigenvalue weighted by Crippen LogP contribution is -2.39. The summed E-state index contributed by atoms with van der Waals surface area (Å²) in [6.45, 7) is 8.71. The van der Waals surface area contributed by atoms with E-state index in [4.69, 9.17) is 4.74 Å². The van der Waals surface area contributed by atoms with E-state index in [1.165, 1.54) is 30.2 Å². The zero-order valence-corrected chi connectivity index (χ0v) is 24.0.